The van der Waals surface area contributed by atoms with Crippen LogP contribution >= 0.6 is 0 Å². The van der Waals surface area contributed by atoms with Crippen LogP contribution in [0.5, 0.6) is 5.75 Å². The van der Waals surface area contributed by atoms with Crippen LogP contribution in [-0.2, 0) is 16.0 Å². The molecule has 0 aliphatic rings. The normalized spacial score (nSPS) is 11.6. The predicted molar refractivity (Wildman–Crippen MR) is 145 cm³/mol. The number of carbonyl (C=O) groups excluding carboxylic acids is 1. The number of nitrogens with two attached hydrogens (primary N) is 1. The molecule has 0 saturated heterocycles. The van der Waals surface area contributed by atoms with Crippen LogP contribution in [-0.4, -0.2) is 49.8 Å². The van der Waals surface area contributed by atoms with Gasteiger partial charge in [-0.1, -0.05) is 13.0 Å². The lowest BCUT2D eigenvalue weighted by atomic mass is 10.00. The first-order chi connectivity index (χ1) is 19.3. The van der Waals surface area contributed by atoms with Crippen molar-refractivity contribution in [1.82, 2.24) is 24.7 Å². The van der Waals surface area contributed by atoms with Gasteiger partial charge in [0.2, 0.25) is 0 Å². The van der Waals surface area contributed by atoms with Crippen molar-refractivity contribution in [2.24, 2.45) is 5.73 Å². The average Bonchev–Trinajstić information content (AvgIpc) is 3.34. The molecule has 4 rings (SSSR count). The number of rotatable bonds is 12. The summed E-state index contributed by atoms with van der Waals surface area (Å²) in [5, 5.41) is 15.2. The highest BCUT2D eigenvalue weighted by atomic mass is 19.1. The topological polar surface area (TPSA) is 174 Å². The number of halogens is 1. The number of nitrogens with zero attached hydrogens (tertiary/aromatic N) is 4. The Labute approximate surface area is 228 Å². The number of carbonyl (C=O) groups is 1. The zero-order chi connectivity index (χ0) is 28.6. The molecule has 2 heterocycles. The van der Waals surface area contributed by atoms with Crippen LogP contribution in [0.15, 0.2) is 59.7 Å². The molecule has 0 saturated carbocycles. The number of ether oxygens (including phenoxy) is 2. The fourth-order valence-electron chi connectivity index (χ4n) is 3.87. The summed E-state index contributed by atoms with van der Waals surface area (Å²) in [5.41, 5.74) is 7.02. The zero-order valence-corrected chi connectivity index (χ0v) is 22.0. The lowest BCUT2D eigenvalue weighted by molar-refractivity contribution is -0.141. The number of nitrogen functional groups attached to an aromatic ring is 1. The number of aryl methyl sites for hydroxylation is 1. The molecule has 0 unspecified atom stereocenters. The molecule has 12 nitrogen and oxygen atoms in total. The summed E-state index contributed by atoms with van der Waals surface area (Å²) >= 11 is 0. The molecule has 0 spiro atoms. The molecule has 4 aromatic rings. The minimum Gasteiger partial charge on any atom is -0.490 e. The van der Waals surface area contributed by atoms with Crippen LogP contribution in [0.25, 0.3) is 5.95 Å². The Bertz CT molecular complexity index is 1540. The fourth-order valence-corrected chi connectivity index (χ4v) is 3.87. The minimum atomic E-state index is -0.962. The largest absolute Gasteiger partial charge is 0.490 e. The predicted octanol–water partition coefficient (Wildman–Crippen LogP) is 2.87. The van der Waals surface area contributed by atoms with E-state index >= 15 is 4.39 Å². The zero-order valence-electron chi connectivity index (χ0n) is 22.0. The van der Waals surface area contributed by atoms with E-state index in [4.69, 9.17) is 20.6 Å². The van der Waals surface area contributed by atoms with Crippen LogP contribution < -0.4 is 21.5 Å². The van der Waals surface area contributed by atoms with Crippen LogP contribution in [0, 0.1) is 11.2 Å². The summed E-state index contributed by atoms with van der Waals surface area (Å²) in [7, 11) is 0. The Hall–Kier alpha value is -5.07. The molecule has 2 aromatic carbocycles. The van der Waals surface area contributed by atoms with Gasteiger partial charge in [-0.3, -0.25) is 15.2 Å². The number of esters is 1. The lowest BCUT2D eigenvalue weighted by Gasteiger charge is -2.21. The first-order valence-corrected chi connectivity index (χ1v) is 12.5. The molecule has 0 amide bonds. The standard InChI is InChI=1S/C27H29FN8O4/c1-3-17-14-20(22(28)21(15-17)40-13-5-12-39-16(2)37)23(33-19-8-6-18(7-9-19)24(29)30)25-34-27(38)36(35-25)26-31-10-4-11-32-26/h4,6-11,14-15,23,33H,3,5,12-13H2,1-2H3,(H3,29,30)(H,34,35,38)/t23-/m0/s1. The van der Waals surface area contributed by atoms with Gasteiger partial charge in [0.15, 0.2) is 17.4 Å². The Morgan fingerprint density at radius 2 is 1.93 bits per heavy atom. The fraction of sp³-hybridized carbons (Fsp3) is 0.259. The van der Waals surface area contributed by atoms with Gasteiger partial charge in [-0.2, -0.15) is 0 Å². The number of anilines is 1. The van der Waals surface area contributed by atoms with Crippen molar-refractivity contribution in [3.8, 4) is 11.7 Å². The van der Waals surface area contributed by atoms with Crippen molar-refractivity contribution in [3.63, 3.8) is 0 Å². The van der Waals surface area contributed by atoms with Crippen molar-refractivity contribution in [1.29, 1.82) is 5.41 Å². The first-order valence-electron chi connectivity index (χ1n) is 12.5. The number of hydrogen-bond donors (Lipinski definition) is 4. The van der Waals surface area contributed by atoms with Gasteiger partial charge in [-0.15, -0.1) is 9.78 Å². The van der Waals surface area contributed by atoms with Crippen LogP contribution in [0.4, 0.5) is 10.1 Å². The highest BCUT2D eigenvalue weighted by Crippen LogP contribution is 2.33. The Balaban J connectivity index is 1.74. The number of nitrogens with one attached hydrogen (secondary N) is 3. The Morgan fingerprint density at radius 1 is 1.20 bits per heavy atom. The van der Waals surface area contributed by atoms with E-state index in [1.807, 2.05) is 6.92 Å². The highest BCUT2D eigenvalue weighted by molar-refractivity contribution is 5.95. The average molecular weight is 549 g/mol. The second kappa shape index (κ2) is 12.7. The Morgan fingerprint density at radius 3 is 2.58 bits per heavy atom. The van der Waals surface area contributed by atoms with E-state index in [2.05, 4.69) is 25.4 Å². The molecule has 1 atom stereocenters. The van der Waals surface area contributed by atoms with Crippen molar-refractivity contribution in [2.75, 3.05) is 18.5 Å². The van der Waals surface area contributed by atoms with Gasteiger partial charge in [0, 0.05) is 42.6 Å². The van der Waals surface area contributed by atoms with Crippen molar-refractivity contribution >= 4 is 17.5 Å². The molecule has 0 aliphatic carbocycles. The maximum atomic E-state index is 16.0. The van der Waals surface area contributed by atoms with E-state index in [1.54, 1.807) is 42.5 Å². The highest BCUT2D eigenvalue weighted by Gasteiger charge is 2.26. The molecule has 208 valence electrons. The monoisotopic (exact) mass is 548 g/mol. The lowest BCUT2D eigenvalue weighted by Crippen LogP contribution is -2.18. The van der Waals surface area contributed by atoms with Gasteiger partial charge >= 0.3 is 11.7 Å². The van der Waals surface area contributed by atoms with E-state index in [1.165, 1.54) is 19.3 Å². The molecule has 0 aliphatic heterocycles. The van der Waals surface area contributed by atoms with E-state index in [0.717, 1.165) is 10.2 Å². The molecule has 0 bridgehead atoms. The number of hydrogen-bond acceptors (Lipinski definition) is 9. The second-order valence-corrected chi connectivity index (χ2v) is 8.74. The molecule has 0 radical (unpaired) electrons. The van der Waals surface area contributed by atoms with Gasteiger partial charge in [-0.05, 0) is 48.4 Å². The third-order valence-electron chi connectivity index (χ3n) is 5.86. The van der Waals surface area contributed by atoms with Crippen molar-refractivity contribution in [2.45, 2.75) is 32.7 Å². The number of aromatic nitrogens is 5. The summed E-state index contributed by atoms with van der Waals surface area (Å²) in [4.78, 5) is 34.7. The quantitative estimate of drug-likeness (QED) is 0.0898. The van der Waals surface area contributed by atoms with Gasteiger partial charge in [0.05, 0.1) is 13.2 Å². The van der Waals surface area contributed by atoms with Crippen LogP contribution in [0.3, 0.4) is 0 Å². The van der Waals surface area contributed by atoms with Crippen molar-refractivity contribution in [3.05, 3.63) is 93.7 Å². The number of aromatic amines is 1. The minimum absolute atomic E-state index is 0.0177. The summed E-state index contributed by atoms with van der Waals surface area (Å²) in [6.07, 6.45) is 3.92. The van der Waals surface area contributed by atoms with E-state index in [0.29, 0.717) is 24.1 Å². The summed E-state index contributed by atoms with van der Waals surface area (Å²) < 4.78 is 27.7. The number of H-pyrrole nitrogens is 1. The maximum absolute atomic E-state index is 16.0. The maximum Gasteiger partial charge on any atom is 0.350 e. The molecule has 5 N–H and O–H groups in total. The SMILES string of the molecule is CCc1cc(OCCCOC(C)=O)c(F)c([C@H](Nc2ccc(C(=N)N)cc2)c2nn(-c3ncccn3)c(=O)[nH]2)c1. The number of amidine groups is 1. The van der Waals surface area contributed by atoms with Crippen molar-refractivity contribution < 1.29 is 18.7 Å². The molecular weight excluding hydrogens is 519 g/mol. The molecule has 13 heteroatoms. The third kappa shape index (κ3) is 6.67. The van der Waals surface area contributed by atoms with Crippen LogP contribution in [0.1, 0.15) is 48.8 Å². The Kier molecular flexibility index (Phi) is 8.84. The first kappa shape index (κ1) is 28.0. The van der Waals surface area contributed by atoms with Gasteiger partial charge < -0.3 is 20.5 Å². The second-order valence-electron chi connectivity index (χ2n) is 8.74. The van der Waals surface area contributed by atoms with Gasteiger partial charge in [0.1, 0.15) is 11.9 Å². The van der Waals surface area contributed by atoms with Gasteiger partial charge in [-0.25, -0.2) is 19.2 Å². The third-order valence-corrected chi connectivity index (χ3v) is 5.86. The summed E-state index contributed by atoms with van der Waals surface area (Å²) in [5.74, 6) is -0.953. The molecule has 2 aromatic heterocycles. The van der Waals surface area contributed by atoms with E-state index < -0.39 is 23.5 Å². The van der Waals surface area contributed by atoms with Crippen LogP contribution in [0.2, 0.25) is 0 Å². The summed E-state index contributed by atoms with van der Waals surface area (Å²) in [6.45, 7) is 3.51. The molecule has 40 heavy (non-hydrogen) atoms. The smallest absolute Gasteiger partial charge is 0.350 e. The molecular formula is C27H29FN8O4. The van der Waals surface area contributed by atoms with Gasteiger partial charge in [0.25, 0.3) is 5.95 Å². The number of benzene rings is 2. The molecule has 0 fully saturated rings. The van der Waals surface area contributed by atoms with E-state index in [9.17, 15) is 9.59 Å². The van der Waals surface area contributed by atoms with E-state index in [-0.39, 0.29) is 42.1 Å². The summed E-state index contributed by atoms with van der Waals surface area (Å²) in [6, 6.07) is 10.6.